The molecule has 2 saturated heterocycles. The molecule has 62 heavy (non-hydrogen) atoms. The van der Waals surface area contributed by atoms with Crippen molar-refractivity contribution >= 4 is 41.4 Å². The van der Waals surface area contributed by atoms with Crippen LogP contribution in [0.5, 0.6) is 0 Å². The van der Waals surface area contributed by atoms with E-state index in [0.29, 0.717) is 37.3 Å². The molecule has 2 aliphatic heterocycles. The lowest BCUT2D eigenvalue weighted by molar-refractivity contribution is -0.152. The van der Waals surface area contributed by atoms with Gasteiger partial charge in [0.2, 0.25) is 17.7 Å². The first-order valence-electron chi connectivity index (χ1n) is 21.5. The van der Waals surface area contributed by atoms with E-state index in [2.05, 4.69) is 22.8 Å². The van der Waals surface area contributed by atoms with Gasteiger partial charge in [-0.25, -0.2) is 4.79 Å². The molecule has 5 atom stereocenters. The molecular weight excluding hydrogens is 808 g/mol. The fourth-order valence-corrected chi connectivity index (χ4v) is 10.4. The molecule has 4 amide bonds. The summed E-state index contributed by atoms with van der Waals surface area (Å²) in [5.41, 5.74) is 5.18. The monoisotopic (exact) mass is 860 g/mol. The summed E-state index contributed by atoms with van der Waals surface area (Å²) in [6, 6.07) is 29.1. The number of rotatable bonds is 12. The van der Waals surface area contributed by atoms with Crippen LogP contribution >= 0.6 is 11.6 Å². The third-order valence-electron chi connectivity index (χ3n) is 13.2. The first-order valence-corrected chi connectivity index (χ1v) is 21.8. The highest BCUT2D eigenvalue weighted by Gasteiger charge is 2.51. The second-order valence-electron chi connectivity index (χ2n) is 17.7. The predicted octanol–water partition coefficient (Wildman–Crippen LogP) is 7.07. The first-order chi connectivity index (χ1) is 29.7. The Morgan fingerprint density at radius 3 is 2.21 bits per heavy atom. The van der Waals surface area contributed by atoms with Gasteiger partial charge >= 0.3 is 12.1 Å². The number of halogens is 1. The Morgan fingerprint density at radius 1 is 0.887 bits per heavy atom. The van der Waals surface area contributed by atoms with Gasteiger partial charge in [-0.15, -0.1) is 0 Å². The van der Waals surface area contributed by atoms with Gasteiger partial charge < -0.3 is 30.1 Å². The molecule has 0 aromatic heterocycles. The van der Waals surface area contributed by atoms with E-state index in [1.165, 1.54) is 4.90 Å². The molecular formula is C49H53ClN4O8. The molecule has 2 unspecified atom stereocenters. The summed E-state index contributed by atoms with van der Waals surface area (Å²) in [5.74, 6) is -3.46. The number of carbonyl (C=O) groups is 5. The number of nitrogens with one attached hydrogen (secondary N) is 2. The Bertz CT molecular complexity index is 2320. The maximum Gasteiger partial charge on any atom is 0.407 e. The van der Waals surface area contributed by atoms with Crippen LogP contribution in [0.1, 0.15) is 86.1 Å². The molecule has 3 N–H and O–H groups in total. The highest BCUT2D eigenvalue weighted by atomic mass is 35.5. The van der Waals surface area contributed by atoms with Gasteiger partial charge in [0.1, 0.15) is 24.4 Å². The molecule has 12 nitrogen and oxygen atoms in total. The molecule has 324 valence electrons. The minimum atomic E-state index is -1.20. The molecule has 0 radical (unpaired) electrons. The van der Waals surface area contributed by atoms with Crippen LogP contribution in [0.4, 0.5) is 4.79 Å². The maximum absolute atomic E-state index is 14.7. The summed E-state index contributed by atoms with van der Waals surface area (Å²) in [6.07, 6.45) is 1.80. The molecule has 0 bridgehead atoms. The predicted molar refractivity (Wildman–Crippen MR) is 233 cm³/mol. The van der Waals surface area contributed by atoms with Crippen LogP contribution in [0.15, 0.2) is 97.1 Å². The standard InChI is InChI=1S/C49H53ClN4O8/c1-30(51-47(60)61-27-41-37-15-8-6-13-35(37)36-14-7-9-16-38(36)41)45(58)54-42(28-62-48(54,2)3)44(57)52-49(26-31-17-20-33(50)21-18-31)23-10-24-53(29-49)46(59)40(25-43(55)56)39-22-19-32-11-4-5-12-34(32)39/h4-9,11-18,20-21,30,39-42H,10,19,22-29H2,1-3H3,(H,51,60)(H,52,57)(H,55,56)/t30?,39-,40?,42+,49-/m1/s1. The molecule has 8 rings (SSSR count). The number of hydrogen-bond acceptors (Lipinski definition) is 7. The third kappa shape index (κ3) is 8.67. The van der Waals surface area contributed by atoms with Crippen molar-refractivity contribution in [3.8, 4) is 11.1 Å². The number of amides is 4. The molecule has 0 spiro atoms. The Kier molecular flexibility index (Phi) is 12.2. The second-order valence-corrected chi connectivity index (χ2v) is 18.1. The largest absolute Gasteiger partial charge is 0.481 e. The highest BCUT2D eigenvalue weighted by molar-refractivity contribution is 6.30. The Labute approximate surface area is 366 Å². The quantitative estimate of drug-likeness (QED) is 0.137. The van der Waals surface area contributed by atoms with Gasteiger partial charge in [-0.2, -0.15) is 0 Å². The van der Waals surface area contributed by atoms with Crippen LogP contribution in [0, 0.1) is 5.92 Å². The minimum Gasteiger partial charge on any atom is -0.481 e. The van der Waals surface area contributed by atoms with Crippen LogP contribution in [-0.4, -0.2) is 94.3 Å². The summed E-state index contributed by atoms with van der Waals surface area (Å²) in [7, 11) is 0. The number of ether oxygens (including phenoxy) is 2. The number of piperidine rings is 1. The second kappa shape index (κ2) is 17.6. The van der Waals surface area contributed by atoms with E-state index in [-0.39, 0.29) is 43.9 Å². The lowest BCUT2D eigenvalue weighted by Crippen LogP contribution is -2.65. The number of hydrogen-bond donors (Lipinski definition) is 3. The molecule has 2 heterocycles. The third-order valence-corrected chi connectivity index (χ3v) is 13.4. The zero-order chi connectivity index (χ0) is 43.8. The minimum absolute atomic E-state index is 0.0738. The van der Waals surface area contributed by atoms with Crippen molar-refractivity contribution in [2.24, 2.45) is 5.92 Å². The van der Waals surface area contributed by atoms with E-state index in [1.807, 2.05) is 72.8 Å². The molecule has 13 heteroatoms. The molecule has 2 fully saturated rings. The number of likely N-dealkylation sites (tertiary alicyclic amines) is 1. The fourth-order valence-electron chi connectivity index (χ4n) is 10.3. The Balaban J connectivity index is 0.985. The number of aryl methyl sites for hydroxylation is 1. The molecule has 4 aliphatic rings. The summed E-state index contributed by atoms with van der Waals surface area (Å²) in [4.78, 5) is 72.2. The van der Waals surface area contributed by atoms with Crippen molar-refractivity contribution in [1.29, 1.82) is 0 Å². The topological polar surface area (TPSA) is 155 Å². The van der Waals surface area contributed by atoms with E-state index in [4.69, 9.17) is 21.1 Å². The molecule has 0 saturated carbocycles. The van der Waals surface area contributed by atoms with Gasteiger partial charge in [-0.1, -0.05) is 96.5 Å². The lowest BCUT2D eigenvalue weighted by atomic mass is 9.80. The van der Waals surface area contributed by atoms with Gasteiger partial charge in [0.05, 0.1) is 24.5 Å². The van der Waals surface area contributed by atoms with Gasteiger partial charge in [0.15, 0.2) is 0 Å². The number of carboxylic acid groups (broad SMARTS) is 1. The van der Waals surface area contributed by atoms with Crippen LogP contribution in [-0.2, 0) is 41.5 Å². The van der Waals surface area contributed by atoms with E-state index in [9.17, 15) is 29.1 Å². The number of fused-ring (bicyclic) bond motifs is 4. The smallest absolute Gasteiger partial charge is 0.407 e. The Hall–Kier alpha value is -5.72. The van der Waals surface area contributed by atoms with Crippen molar-refractivity contribution in [3.63, 3.8) is 0 Å². The zero-order valence-corrected chi connectivity index (χ0v) is 36.0. The van der Waals surface area contributed by atoms with Crippen molar-refractivity contribution in [3.05, 3.63) is 130 Å². The van der Waals surface area contributed by atoms with Crippen molar-refractivity contribution in [2.75, 3.05) is 26.3 Å². The van der Waals surface area contributed by atoms with E-state index in [0.717, 1.165) is 45.4 Å². The summed E-state index contributed by atoms with van der Waals surface area (Å²) in [5, 5.41) is 16.6. The summed E-state index contributed by atoms with van der Waals surface area (Å²) in [6.45, 7) is 5.48. The van der Waals surface area contributed by atoms with Crippen molar-refractivity contribution in [2.45, 2.75) is 94.5 Å². The zero-order valence-electron chi connectivity index (χ0n) is 35.3. The van der Waals surface area contributed by atoms with Crippen LogP contribution < -0.4 is 10.6 Å². The summed E-state index contributed by atoms with van der Waals surface area (Å²) >= 11 is 6.26. The average Bonchev–Trinajstić information content (AvgIpc) is 3.93. The van der Waals surface area contributed by atoms with Crippen molar-refractivity contribution in [1.82, 2.24) is 20.4 Å². The molecule has 4 aromatic carbocycles. The lowest BCUT2D eigenvalue weighted by Gasteiger charge is -2.46. The van der Waals surface area contributed by atoms with Crippen LogP contribution in [0.3, 0.4) is 0 Å². The molecule has 2 aliphatic carbocycles. The number of nitrogens with zero attached hydrogens (tertiary/aromatic N) is 2. The fraction of sp³-hybridized carbons (Fsp3) is 0.408. The number of aliphatic carboxylic acids is 1. The van der Waals surface area contributed by atoms with Crippen molar-refractivity contribution < 1.29 is 38.6 Å². The maximum atomic E-state index is 14.7. The first kappa shape index (κ1) is 42.9. The van der Waals surface area contributed by atoms with Gasteiger partial charge in [-0.05, 0) is 110 Å². The van der Waals surface area contributed by atoms with Gasteiger partial charge in [0, 0.05) is 24.0 Å². The van der Waals surface area contributed by atoms with Gasteiger partial charge in [0.25, 0.3) is 0 Å². The molecule has 4 aromatic rings. The average molecular weight is 861 g/mol. The van der Waals surface area contributed by atoms with Crippen LogP contribution in [0.2, 0.25) is 5.02 Å². The van der Waals surface area contributed by atoms with Gasteiger partial charge in [-0.3, -0.25) is 24.1 Å². The van der Waals surface area contributed by atoms with E-state index < -0.39 is 53.1 Å². The summed E-state index contributed by atoms with van der Waals surface area (Å²) < 4.78 is 11.8. The SMILES string of the molecule is CC(NC(=O)OCC1c2ccccc2-c2ccccc21)C(=O)N1[C@H](C(=O)N[C@@]2(Cc3ccc(Cl)cc3)CCCN(C(=O)C(CC(=O)O)[C@@H]3CCc4ccccc43)C2)COC1(C)C. The number of alkyl carbamates (subject to hydrolysis) is 1. The normalized spacial score (nSPS) is 22.2. The number of carbonyl (C=O) groups excluding carboxylic acids is 4. The highest BCUT2D eigenvalue weighted by Crippen LogP contribution is 2.45. The van der Waals surface area contributed by atoms with E-state index in [1.54, 1.807) is 37.8 Å². The van der Waals surface area contributed by atoms with E-state index >= 15 is 0 Å². The number of benzene rings is 4. The van der Waals surface area contributed by atoms with Crippen LogP contribution in [0.25, 0.3) is 11.1 Å². The number of carboxylic acids is 1. The Morgan fingerprint density at radius 2 is 1.53 bits per heavy atom.